The van der Waals surface area contributed by atoms with Crippen LogP contribution in [0.3, 0.4) is 0 Å². The maximum atomic E-state index is 10.6. The number of ether oxygens (including phenoxy) is 2. The fourth-order valence-electron chi connectivity index (χ4n) is 1.38. The average Bonchev–Trinajstić information content (AvgIpc) is 2.33. The fraction of sp³-hybridized carbons (Fsp3) is 0.308. The van der Waals surface area contributed by atoms with Gasteiger partial charge in [-0.2, -0.15) is 0 Å². The summed E-state index contributed by atoms with van der Waals surface area (Å²) < 4.78 is 12.4. The first-order valence-corrected chi connectivity index (χ1v) is 7.09. The van der Waals surface area contributed by atoms with Crippen LogP contribution in [0.15, 0.2) is 21.1 Å². The second kappa shape index (κ2) is 6.96. The molecule has 104 valence electrons. The van der Waals surface area contributed by atoms with E-state index >= 15 is 0 Å². The maximum Gasteiger partial charge on any atom is 0.328 e. The van der Waals surface area contributed by atoms with Crippen molar-refractivity contribution >= 4 is 43.9 Å². The molecular formula is C13H14Br2O4. The Hall–Kier alpha value is -1.01. The monoisotopic (exact) mass is 392 g/mol. The van der Waals surface area contributed by atoms with Crippen LogP contribution in [-0.4, -0.2) is 24.3 Å². The van der Waals surface area contributed by atoms with Gasteiger partial charge in [0.25, 0.3) is 0 Å². The van der Waals surface area contributed by atoms with Crippen molar-refractivity contribution in [3.8, 4) is 11.5 Å². The Kier molecular flexibility index (Phi) is 5.87. The van der Waals surface area contributed by atoms with Crippen molar-refractivity contribution in [3.63, 3.8) is 0 Å². The molecule has 0 unspecified atom stereocenters. The van der Waals surface area contributed by atoms with E-state index in [1.807, 2.05) is 13.8 Å². The molecule has 4 nitrogen and oxygen atoms in total. The van der Waals surface area contributed by atoms with Crippen molar-refractivity contribution in [2.24, 2.45) is 0 Å². The van der Waals surface area contributed by atoms with Crippen molar-refractivity contribution in [1.82, 2.24) is 0 Å². The highest BCUT2D eigenvalue weighted by molar-refractivity contribution is 9.13. The minimum absolute atomic E-state index is 0.00230. The molecule has 0 amide bonds. The maximum absolute atomic E-state index is 10.6. The van der Waals surface area contributed by atoms with Gasteiger partial charge in [-0.3, -0.25) is 0 Å². The highest BCUT2D eigenvalue weighted by Crippen LogP contribution is 2.43. The molecule has 1 rings (SSSR count). The second-order valence-electron chi connectivity index (χ2n) is 3.96. The number of rotatable bonds is 5. The number of hydrogen-bond donors (Lipinski definition) is 1. The number of benzene rings is 1. The summed E-state index contributed by atoms with van der Waals surface area (Å²) in [4.78, 5) is 10.6. The standard InChI is InChI=1S/C13H14Br2O4/c1-7(2)19-13-9(18-3)6-8(4-5-10(16)17)11(14)12(13)15/h4-7H,1-3H3,(H,16,17). The lowest BCUT2D eigenvalue weighted by Gasteiger charge is -2.17. The van der Waals surface area contributed by atoms with E-state index in [1.165, 1.54) is 13.2 Å². The Morgan fingerprint density at radius 1 is 1.37 bits per heavy atom. The third-order valence-corrected chi connectivity index (χ3v) is 4.28. The van der Waals surface area contributed by atoms with E-state index in [9.17, 15) is 4.79 Å². The van der Waals surface area contributed by atoms with Gasteiger partial charge >= 0.3 is 5.97 Å². The van der Waals surface area contributed by atoms with Gasteiger partial charge in [0.2, 0.25) is 0 Å². The van der Waals surface area contributed by atoms with Crippen molar-refractivity contribution in [2.75, 3.05) is 7.11 Å². The predicted octanol–water partition coefficient (Wildman–Crippen LogP) is 4.11. The van der Waals surface area contributed by atoms with Crippen LogP contribution >= 0.6 is 31.9 Å². The van der Waals surface area contributed by atoms with E-state index < -0.39 is 5.97 Å². The zero-order valence-electron chi connectivity index (χ0n) is 10.7. The summed E-state index contributed by atoms with van der Waals surface area (Å²) in [6, 6.07) is 1.71. The van der Waals surface area contributed by atoms with Crippen LogP contribution in [0, 0.1) is 0 Å². The molecule has 19 heavy (non-hydrogen) atoms. The topological polar surface area (TPSA) is 55.8 Å². The summed E-state index contributed by atoms with van der Waals surface area (Å²) in [6.07, 6.45) is 2.55. The van der Waals surface area contributed by atoms with E-state index in [0.29, 0.717) is 26.0 Å². The fourth-order valence-corrected chi connectivity index (χ4v) is 2.33. The highest BCUT2D eigenvalue weighted by atomic mass is 79.9. The zero-order valence-corrected chi connectivity index (χ0v) is 13.9. The number of hydrogen-bond acceptors (Lipinski definition) is 3. The molecule has 0 aliphatic heterocycles. The van der Waals surface area contributed by atoms with Crippen LogP contribution in [0.5, 0.6) is 11.5 Å². The molecule has 0 spiro atoms. The molecule has 0 saturated heterocycles. The SMILES string of the molecule is COc1cc(C=CC(=O)O)c(Br)c(Br)c1OC(C)C. The summed E-state index contributed by atoms with van der Waals surface area (Å²) in [5, 5.41) is 8.67. The Labute approximate surface area is 128 Å². The molecule has 0 atom stereocenters. The Morgan fingerprint density at radius 2 is 2.00 bits per heavy atom. The number of carbonyl (C=O) groups is 1. The van der Waals surface area contributed by atoms with Crippen LogP contribution in [0.2, 0.25) is 0 Å². The molecule has 1 aromatic carbocycles. The van der Waals surface area contributed by atoms with Crippen LogP contribution in [0.1, 0.15) is 19.4 Å². The van der Waals surface area contributed by atoms with Crippen LogP contribution in [0.4, 0.5) is 0 Å². The minimum atomic E-state index is -1.01. The van der Waals surface area contributed by atoms with Gasteiger partial charge in [0.05, 0.1) is 17.7 Å². The predicted molar refractivity (Wildman–Crippen MR) is 80.8 cm³/mol. The number of carboxylic acids is 1. The van der Waals surface area contributed by atoms with Gasteiger partial charge in [0, 0.05) is 10.5 Å². The van der Waals surface area contributed by atoms with Gasteiger partial charge < -0.3 is 14.6 Å². The second-order valence-corrected chi connectivity index (χ2v) is 5.55. The van der Waals surface area contributed by atoms with E-state index in [0.717, 1.165) is 6.08 Å². The Bertz CT molecular complexity index is 510. The molecule has 0 heterocycles. The smallest absolute Gasteiger partial charge is 0.328 e. The Morgan fingerprint density at radius 3 is 2.47 bits per heavy atom. The number of aliphatic carboxylic acids is 1. The van der Waals surface area contributed by atoms with Crippen LogP contribution in [0.25, 0.3) is 6.08 Å². The largest absolute Gasteiger partial charge is 0.493 e. The summed E-state index contributed by atoms with van der Waals surface area (Å²) in [5.74, 6) is 0.107. The summed E-state index contributed by atoms with van der Waals surface area (Å²) in [7, 11) is 1.54. The molecule has 0 bridgehead atoms. The molecule has 1 N–H and O–H groups in total. The van der Waals surface area contributed by atoms with Gasteiger partial charge in [0.15, 0.2) is 11.5 Å². The molecular weight excluding hydrogens is 380 g/mol. The van der Waals surface area contributed by atoms with Crippen LogP contribution < -0.4 is 9.47 Å². The third-order valence-electron chi connectivity index (χ3n) is 2.13. The molecule has 6 heteroatoms. The molecule has 1 aromatic rings. The third kappa shape index (κ3) is 4.24. The molecule has 0 radical (unpaired) electrons. The zero-order chi connectivity index (χ0) is 14.6. The average molecular weight is 394 g/mol. The van der Waals surface area contributed by atoms with E-state index in [2.05, 4.69) is 31.9 Å². The van der Waals surface area contributed by atoms with Gasteiger partial charge in [-0.1, -0.05) is 0 Å². The first-order valence-electron chi connectivity index (χ1n) is 5.50. The van der Waals surface area contributed by atoms with E-state index in [1.54, 1.807) is 6.07 Å². The van der Waals surface area contributed by atoms with Crippen molar-refractivity contribution in [3.05, 3.63) is 26.7 Å². The molecule has 0 aliphatic carbocycles. The quantitative estimate of drug-likeness (QED) is 0.765. The summed E-state index contributed by atoms with van der Waals surface area (Å²) >= 11 is 6.83. The lowest BCUT2D eigenvalue weighted by atomic mass is 10.2. The molecule has 0 aromatic heterocycles. The van der Waals surface area contributed by atoms with Crippen molar-refractivity contribution in [2.45, 2.75) is 20.0 Å². The number of halogens is 2. The number of methoxy groups -OCH3 is 1. The first-order chi connectivity index (χ1) is 8.86. The van der Waals surface area contributed by atoms with Crippen molar-refractivity contribution in [1.29, 1.82) is 0 Å². The molecule has 0 fully saturated rings. The van der Waals surface area contributed by atoms with Crippen molar-refractivity contribution < 1.29 is 19.4 Å². The van der Waals surface area contributed by atoms with Gasteiger partial charge in [-0.25, -0.2) is 4.79 Å². The molecule has 0 saturated carbocycles. The van der Waals surface area contributed by atoms with E-state index in [-0.39, 0.29) is 6.10 Å². The van der Waals surface area contributed by atoms with E-state index in [4.69, 9.17) is 14.6 Å². The normalized spacial score (nSPS) is 11.1. The van der Waals surface area contributed by atoms with Gasteiger partial charge in [-0.15, -0.1) is 0 Å². The summed E-state index contributed by atoms with van der Waals surface area (Å²) in [6.45, 7) is 3.83. The van der Waals surface area contributed by atoms with Gasteiger partial charge in [-0.05, 0) is 63.4 Å². The lowest BCUT2D eigenvalue weighted by Crippen LogP contribution is -2.07. The Balaban J connectivity index is 3.32. The first kappa shape index (κ1) is 16.0. The number of carboxylic acid groups (broad SMARTS) is 1. The van der Waals surface area contributed by atoms with Crippen LogP contribution in [-0.2, 0) is 4.79 Å². The molecule has 0 aliphatic rings. The minimum Gasteiger partial charge on any atom is -0.493 e. The lowest BCUT2D eigenvalue weighted by molar-refractivity contribution is -0.131. The van der Waals surface area contributed by atoms with Gasteiger partial charge in [0.1, 0.15) is 0 Å². The highest BCUT2D eigenvalue weighted by Gasteiger charge is 2.17. The summed E-state index contributed by atoms with van der Waals surface area (Å²) in [5.41, 5.74) is 0.683.